The van der Waals surface area contributed by atoms with Crippen LogP contribution in [0.4, 0.5) is 105 Å². The molecule has 0 saturated heterocycles. The first-order chi connectivity index (χ1) is 30.1. The zero-order valence-electron chi connectivity index (χ0n) is 34.3. The van der Waals surface area contributed by atoms with Crippen molar-refractivity contribution in [1.82, 2.24) is 0 Å². The van der Waals surface area contributed by atoms with Gasteiger partial charge in [-0.25, -0.2) is 0 Å². The largest absolute Gasteiger partial charge is 0.434 e. The van der Waals surface area contributed by atoms with E-state index < -0.39 is 195 Å². The highest BCUT2D eigenvalue weighted by Gasteiger charge is 2.47. The minimum absolute atomic E-state index is 0.691. The summed E-state index contributed by atoms with van der Waals surface area (Å²) >= 11 is 0. The van der Waals surface area contributed by atoms with Crippen LogP contribution < -0.4 is 21.9 Å². The maximum atomic E-state index is 14.2. The lowest BCUT2D eigenvalue weighted by molar-refractivity contribution is -0.144. The number of benzene rings is 4. The Morgan fingerprint density at radius 2 is 0.448 bits per heavy atom. The standard InChI is InChI=1S/C32H12BF24.2C4H10O/c34-25(35,36)13-1-14(26(37,38)39)6-21(5-13)33(22-7-15(27(40,41)42)2-16(8-22)28(43,44)45,23-9-17(29(46,47)48)3-18(10-23)30(49,50)51)24-11-19(31(52,53)54)4-20(12-24)32(55,56)57;2*1-3-5-4-2/h1-12H;2*3-4H2,1-2H3/q-1;;/p+1. The molecule has 0 aliphatic rings. The summed E-state index contributed by atoms with van der Waals surface area (Å²) in [7, 11) is 0. The molecule has 376 valence electrons. The minimum atomic E-state index is -6.13. The Morgan fingerprint density at radius 1 is 0.299 bits per heavy atom. The third kappa shape index (κ3) is 15.1. The molecular weight excluding hydrogens is 979 g/mol. The van der Waals surface area contributed by atoms with E-state index >= 15 is 0 Å². The molecule has 0 fully saturated rings. The van der Waals surface area contributed by atoms with Crippen LogP contribution in [-0.2, 0) is 54.1 Å². The third-order valence-corrected chi connectivity index (χ3v) is 9.30. The van der Waals surface area contributed by atoms with Crippen molar-refractivity contribution in [2.45, 2.75) is 77.1 Å². The highest BCUT2D eigenvalue weighted by Crippen LogP contribution is 2.41. The van der Waals surface area contributed by atoms with Gasteiger partial charge in [-0.1, -0.05) is 48.5 Å². The topological polar surface area (TPSA) is 22.0 Å². The van der Waals surface area contributed by atoms with Crippen molar-refractivity contribution in [3.8, 4) is 0 Å². The normalized spacial score (nSPS) is 13.4. The van der Waals surface area contributed by atoms with Crippen LogP contribution in [0.2, 0.25) is 0 Å². The SMILES string of the molecule is CCOCC.CC[OH+]CC.FC(F)(F)c1cc([B-](c2cc(C(F)(F)F)cc(C(F)(F)F)c2)(c2cc(C(F)(F)F)cc(C(F)(F)F)c2)c2cc(C(F)(F)F)cc(C(F)(F)F)c2)cc(C(F)(F)F)c1. The number of hydrogen-bond donors (Lipinski definition) is 0. The number of aliphatic hydroxyl groups is 2. The van der Waals surface area contributed by atoms with Crippen molar-refractivity contribution in [2.24, 2.45) is 0 Å². The van der Waals surface area contributed by atoms with Gasteiger partial charge >= 0.3 is 49.4 Å². The zero-order valence-corrected chi connectivity index (χ0v) is 34.3. The van der Waals surface area contributed by atoms with Gasteiger partial charge in [0.2, 0.25) is 0 Å². The molecule has 0 amide bonds. The third-order valence-electron chi connectivity index (χ3n) is 9.30. The van der Waals surface area contributed by atoms with Crippen molar-refractivity contribution in [3.05, 3.63) is 117 Å². The highest BCUT2D eigenvalue weighted by molar-refractivity contribution is 7.20. The molecule has 0 spiro atoms. The van der Waals surface area contributed by atoms with Crippen molar-refractivity contribution < 1.29 is 115 Å². The van der Waals surface area contributed by atoms with Gasteiger partial charge in [0.1, 0.15) is 19.4 Å². The van der Waals surface area contributed by atoms with Crippen LogP contribution in [0, 0.1) is 0 Å². The Hall–Kier alpha value is -4.82. The van der Waals surface area contributed by atoms with Gasteiger partial charge < -0.3 is 9.47 Å². The highest BCUT2D eigenvalue weighted by atomic mass is 19.4. The van der Waals surface area contributed by atoms with Crippen LogP contribution in [0.15, 0.2) is 72.8 Å². The van der Waals surface area contributed by atoms with Crippen molar-refractivity contribution >= 4 is 28.0 Å². The van der Waals surface area contributed by atoms with Crippen LogP contribution in [0.3, 0.4) is 0 Å². The summed E-state index contributed by atoms with van der Waals surface area (Å²) < 4.78 is 350. The van der Waals surface area contributed by atoms with E-state index in [1.54, 1.807) is 0 Å². The molecule has 0 aliphatic carbocycles. The van der Waals surface area contributed by atoms with Gasteiger partial charge in [-0.2, -0.15) is 127 Å². The summed E-state index contributed by atoms with van der Waals surface area (Å²) in [6.45, 7) is 11.7. The van der Waals surface area contributed by atoms with E-state index in [1.165, 1.54) is 0 Å². The summed E-state index contributed by atoms with van der Waals surface area (Å²) in [6, 6.07) is -8.81. The van der Waals surface area contributed by atoms with Gasteiger partial charge in [-0.15, -0.1) is 0 Å². The van der Waals surface area contributed by atoms with E-state index in [2.05, 4.69) is 4.74 Å². The number of ether oxygens (including phenoxy) is 2. The maximum Gasteiger partial charge on any atom is 0.416 e. The predicted molar refractivity (Wildman–Crippen MR) is 196 cm³/mol. The maximum absolute atomic E-state index is 14.2. The van der Waals surface area contributed by atoms with Gasteiger partial charge in [-0.05, 0) is 38.1 Å². The predicted octanol–water partition coefficient (Wildman–Crippen LogP) is 12.8. The van der Waals surface area contributed by atoms with Crippen LogP contribution in [-0.4, -0.2) is 37.3 Å². The molecule has 67 heavy (non-hydrogen) atoms. The molecule has 27 heteroatoms. The Bertz CT molecular complexity index is 1810. The number of hydrogen-bond acceptors (Lipinski definition) is 1. The lowest BCUT2D eigenvalue weighted by Gasteiger charge is -2.46. The molecule has 1 N–H and O–H groups in total. The second-order valence-corrected chi connectivity index (χ2v) is 13.9. The molecule has 4 aromatic carbocycles. The summed E-state index contributed by atoms with van der Waals surface area (Å²) in [5, 5.41) is 0. The van der Waals surface area contributed by atoms with Crippen molar-refractivity contribution in [1.29, 1.82) is 0 Å². The summed E-state index contributed by atoms with van der Waals surface area (Å²) in [6.07, 6.45) is -54.8. The van der Waals surface area contributed by atoms with E-state index in [9.17, 15) is 105 Å². The lowest BCUT2D eigenvalue weighted by atomic mass is 9.12. The average molecular weight is 1010 g/mol. The Kier molecular flexibility index (Phi) is 18.1. The first kappa shape index (κ1) is 58.3. The molecule has 0 aliphatic heterocycles. The fourth-order valence-electron chi connectivity index (χ4n) is 6.50. The number of halogens is 24. The van der Waals surface area contributed by atoms with Gasteiger partial charge in [-0.3, -0.25) is 0 Å². The van der Waals surface area contributed by atoms with Crippen molar-refractivity contribution in [3.63, 3.8) is 0 Å². The Labute approximate surface area is 363 Å². The fraction of sp³-hybridized carbons (Fsp3) is 0.400. The first-order valence-electron chi connectivity index (χ1n) is 18.7. The zero-order chi connectivity index (χ0) is 52.2. The molecule has 0 bridgehead atoms. The molecule has 0 unspecified atom stereocenters. The van der Waals surface area contributed by atoms with Gasteiger partial charge in [0.15, 0.2) is 0 Å². The van der Waals surface area contributed by atoms with Gasteiger partial charge in [0.25, 0.3) is 0 Å². The molecule has 0 aromatic heterocycles. The molecule has 4 rings (SSSR count). The number of rotatable bonds is 8. The Balaban J connectivity index is 0.00000139. The minimum Gasteiger partial charge on any atom is -0.434 e. The molecule has 0 atom stereocenters. The average Bonchev–Trinajstić information content (AvgIpc) is 3.16. The first-order valence-corrected chi connectivity index (χ1v) is 18.7. The second-order valence-electron chi connectivity index (χ2n) is 13.9. The Morgan fingerprint density at radius 3 is 0.522 bits per heavy atom. The van der Waals surface area contributed by atoms with Crippen LogP contribution in [0.25, 0.3) is 0 Å². The molecular formula is C40H33BF24O2. The second kappa shape index (κ2) is 20.8. The quantitative estimate of drug-likeness (QED) is 0.0979. The monoisotopic (exact) mass is 1010 g/mol. The van der Waals surface area contributed by atoms with E-state index in [1.807, 2.05) is 27.7 Å². The van der Waals surface area contributed by atoms with E-state index in [0.29, 0.717) is 0 Å². The van der Waals surface area contributed by atoms with Crippen molar-refractivity contribution in [2.75, 3.05) is 26.4 Å². The van der Waals surface area contributed by atoms with E-state index in [0.717, 1.165) is 26.4 Å². The molecule has 0 radical (unpaired) electrons. The van der Waals surface area contributed by atoms with Crippen LogP contribution in [0.1, 0.15) is 72.2 Å². The van der Waals surface area contributed by atoms with E-state index in [4.69, 9.17) is 4.74 Å². The van der Waals surface area contributed by atoms with Crippen LogP contribution >= 0.6 is 0 Å². The van der Waals surface area contributed by atoms with E-state index in [-0.39, 0.29) is 0 Å². The molecule has 2 nitrogen and oxygen atoms in total. The molecule has 0 saturated carbocycles. The van der Waals surface area contributed by atoms with Crippen LogP contribution in [0.5, 0.6) is 0 Å². The fourth-order valence-corrected chi connectivity index (χ4v) is 6.50. The summed E-state index contributed by atoms with van der Waals surface area (Å²) in [5.41, 5.74) is -30.2. The lowest BCUT2D eigenvalue weighted by Crippen LogP contribution is -2.75. The van der Waals surface area contributed by atoms with Gasteiger partial charge in [0.05, 0.1) is 44.5 Å². The summed E-state index contributed by atoms with van der Waals surface area (Å²) in [4.78, 5) is 0. The molecule has 4 aromatic rings. The summed E-state index contributed by atoms with van der Waals surface area (Å²) in [5.74, 6) is 0. The smallest absolute Gasteiger partial charge is 0.416 e. The van der Waals surface area contributed by atoms with Gasteiger partial charge in [0, 0.05) is 27.1 Å². The number of alkyl halides is 24. The molecule has 0 heterocycles.